The molecule has 0 bridgehead atoms. The van der Waals surface area contributed by atoms with Crippen molar-refractivity contribution in [1.82, 2.24) is 4.98 Å². The first-order valence-corrected chi connectivity index (χ1v) is 8.12. The number of ether oxygens (including phenoxy) is 1. The molecule has 0 aliphatic heterocycles. The van der Waals surface area contributed by atoms with Crippen LogP contribution < -0.4 is 9.64 Å². The first kappa shape index (κ1) is 15.4. The molecule has 0 spiro atoms. The van der Waals surface area contributed by atoms with Crippen molar-refractivity contribution < 1.29 is 9.84 Å². The summed E-state index contributed by atoms with van der Waals surface area (Å²) in [6, 6.07) is 23.7. The summed E-state index contributed by atoms with van der Waals surface area (Å²) in [7, 11) is 1.64. The molecule has 0 unspecified atom stereocenters. The minimum absolute atomic E-state index is 0.160. The second-order valence-electron chi connectivity index (χ2n) is 5.77. The molecule has 4 nitrogen and oxygen atoms in total. The zero-order chi connectivity index (χ0) is 17.2. The Balaban J connectivity index is 2.04. The molecule has 1 aromatic heterocycles. The van der Waals surface area contributed by atoms with E-state index in [1.165, 1.54) is 0 Å². The number of aliphatic hydroxyl groups excluding tert-OH is 1. The molecule has 25 heavy (non-hydrogen) atoms. The van der Waals surface area contributed by atoms with Gasteiger partial charge in [0, 0.05) is 16.5 Å². The predicted molar refractivity (Wildman–Crippen MR) is 101 cm³/mol. The van der Waals surface area contributed by atoms with Crippen LogP contribution in [0.5, 0.6) is 5.75 Å². The molecule has 0 aliphatic rings. The average molecular weight is 330 g/mol. The van der Waals surface area contributed by atoms with Crippen molar-refractivity contribution in [2.75, 3.05) is 18.7 Å². The van der Waals surface area contributed by atoms with Gasteiger partial charge in [0.25, 0.3) is 0 Å². The molecule has 0 saturated heterocycles. The van der Waals surface area contributed by atoms with Gasteiger partial charge in [-0.1, -0.05) is 36.4 Å². The lowest BCUT2D eigenvalue weighted by atomic mass is 10.1. The quantitative estimate of drug-likeness (QED) is 0.442. The van der Waals surface area contributed by atoms with Crippen LogP contribution in [0.1, 0.15) is 0 Å². The first-order chi connectivity index (χ1) is 12.3. The average Bonchev–Trinajstić information content (AvgIpc) is 2.68. The summed E-state index contributed by atoms with van der Waals surface area (Å²) in [5.41, 5.74) is 3.51. The summed E-state index contributed by atoms with van der Waals surface area (Å²) in [6.45, 7) is -0.160. The maximum Gasteiger partial charge on any atom is 0.143 e. The fraction of sp³-hybridized carbons (Fsp3) is 0.0952. The van der Waals surface area contributed by atoms with E-state index in [-0.39, 0.29) is 6.73 Å². The zero-order valence-corrected chi connectivity index (χ0v) is 13.9. The lowest BCUT2D eigenvalue weighted by Gasteiger charge is -2.26. The predicted octanol–water partition coefficient (Wildman–Crippen LogP) is 4.48. The zero-order valence-electron chi connectivity index (χ0n) is 13.9. The number of hydrogen-bond donors (Lipinski definition) is 1. The van der Waals surface area contributed by atoms with Gasteiger partial charge in [-0.25, -0.2) is 4.98 Å². The van der Waals surface area contributed by atoms with Gasteiger partial charge in [0.05, 0.1) is 23.8 Å². The van der Waals surface area contributed by atoms with Crippen LogP contribution in [-0.2, 0) is 0 Å². The highest BCUT2D eigenvalue weighted by molar-refractivity contribution is 6.03. The second kappa shape index (κ2) is 6.42. The van der Waals surface area contributed by atoms with Gasteiger partial charge in [0.1, 0.15) is 12.5 Å². The number of rotatable bonds is 4. The number of anilines is 2. The molecular weight excluding hydrogens is 312 g/mol. The number of benzene rings is 3. The van der Waals surface area contributed by atoms with Gasteiger partial charge in [0.15, 0.2) is 0 Å². The first-order valence-electron chi connectivity index (χ1n) is 8.12. The van der Waals surface area contributed by atoms with Crippen molar-refractivity contribution in [2.45, 2.75) is 0 Å². The molecule has 4 heteroatoms. The standard InChI is InChI=1S/C21H18N2O2/c1-25-20-12-11-19-17(13-15-7-5-6-10-18(15)22-19)21(20)23(14-24)16-8-3-2-4-9-16/h2-13,24H,14H2,1H3. The van der Waals surface area contributed by atoms with E-state index in [4.69, 9.17) is 9.72 Å². The molecule has 4 aromatic rings. The van der Waals surface area contributed by atoms with Gasteiger partial charge in [0.2, 0.25) is 0 Å². The van der Waals surface area contributed by atoms with Crippen LogP contribution in [0.2, 0.25) is 0 Å². The van der Waals surface area contributed by atoms with E-state index >= 15 is 0 Å². The fourth-order valence-electron chi connectivity index (χ4n) is 3.15. The van der Waals surface area contributed by atoms with Crippen molar-refractivity contribution >= 4 is 33.2 Å². The lowest BCUT2D eigenvalue weighted by Crippen LogP contribution is -2.19. The highest BCUT2D eigenvalue weighted by atomic mass is 16.5. The fourth-order valence-corrected chi connectivity index (χ4v) is 3.15. The van der Waals surface area contributed by atoms with Crippen molar-refractivity contribution in [3.05, 3.63) is 72.8 Å². The van der Waals surface area contributed by atoms with Crippen molar-refractivity contribution in [1.29, 1.82) is 0 Å². The molecule has 0 aliphatic carbocycles. The number of methoxy groups -OCH3 is 1. The normalized spacial score (nSPS) is 11.0. The van der Waals surface area contributed by atoms with Crippen LogP contribution in [0.25, 0.3) is 21.8 Å². The third-order valence-electron chi connectivity index (χ3n) is 4.33. The summed E-state index contributed by atoms with van der Waals surface area (Å²) in [5, 5.41) is 12.1. The van der Waals surface area contributed by atoms with Crippen LogP contribution in [0.15, 0.2) is 72.8 Å². The Hall–Kier alpha value is -3.11. The number of aromatic nitrogens is 1. The molecule has 4 rings (SSSR count). The lowest BCUT2D eigenvalue weighted by molar-refractivity contribution is 0.303. The van der Waals surface area contributed by atoms with Gasteiger partial charge in [-0.15, -0.1) is 0 Å². The minimum atomic E-state index is -0.160. The summed E-state index contributed by atoms with van der Waals surface area (Å²) in [4.78, 5) is 6.59. The van der Waals surface area contributed by atoms with Gasteiger partial charge in [-0.2, -0.15) is 0 Å². The van der Waals surface area contributed by atoms with E-state index < -0.39 is 0 Å². The molecule has 124 valence electrons. The summed E-state index contributed by atoms with van der Waals surface area (Å²) in [5.74, 6) is 0.697. The number of pyridine rings is 1. The van der Waals surface area contributed by atoms with Crippen LogP contribution in [0.4, 0.5) is 11.4 Å². The molecular formula is C21H18N2O2. The van der Waals surface area contributed by atoms with Gasteiger partial charge < -0.3 is 14.7 Å². The largest absolute Gasteiger partial charge is 0.495 e. The molecule has 1 N–H and O–H groups in total. The van der Waals surface area contributed by atoms with Gasteiger partial charge >= 0.3 is 0 Å². The third kappa shape index (κ3) is 2.66. The summed E-state index contributed by atoms with van der Waals surface area (Å²) >= 11 is 0. The highest BCUT2D eigenvalue weighted by Gasteiger charge is 2.18. The van der Waals surface area contributed by atoms with Crippen LogP contribution in [0.3, 0.4) is 0 Å². The van der Waals surface area contributed by atoms with Crippen molar-refractivity contribution in [2.24, 2.45) is 0 Å². The number of nitrogens with zero attached hydrogens (tertiary/aromatic N) is 2. The second-order valence-corrected chi connectivity index (χ2v) is 5.77. The molecule has 0 fully saturated rings. The monoisotopic (exact) mass is 330 g/mol. The van der Waals surface area contributed by atoms with Gasteiger partial charge in [-0.05, 0) is 36.4 Å². The molecule has 0 atom stereocenters. The maximum atomic E-state index is 10.1. The Labute approximate surface area is 145 Å². The van der Waals surface area contributed by atoms with Crippen LogP contribution in [-0.4, -0.2) is 23.9 Å². The Morgan fingerprint density at radius 3 is 2.44 bits per heavy atom. The summed E-state index contributed by atoms with van der Waals surface area (Å²) in [6.07, 6.45) is 0. The third-order valence-corrected chi connectivity index (χ3v) is 4.33. The van der Waals surface area contributed by atoms with Crippen molar-refractivity contribution in [3.8, 4) is 5.75 Å². The number of aliphatic hydroxyl groups is 1. The number of hydrogen-bond acceptors (Lipinski definition) is 4. The van der Waals surface area contributed by atoms with Gasteiger partial charge in [-0.3, -0.25) is 0 Å². The van der Waals surface area contributed by atoms with Crippen molar-refractivity contribution in [3.63, 3.8) is 0 Å². The Morgan fingerprint density at radius 1 is 0.920 bits per heavy atom. The smallest absolute Gasteiger partial charge is 0.143 e. The SMILES string of the molecule is COc1ccc2nc3ccccc3cc2c1N(CO)c1ccccc1. The topological polar surface area (TPSA) is 45.6 Å². The molecule has 0 amide bonds. The molecule has 0 saturated carbocycles. The molecule has 3 aromatic carbocycles. The van der Waals surface area contributed by atoms with Crippen LogP contribution >= 0.6 is 0 Å². The summed E-state index contributed by atoms with van der Waals surface area (Å²) < 4.78 is 5.59. The van der Waals surface area contributed by atoms with E-state index in [9.17, 15) is 5.11 Å². The maximum absolute atomic E-state index is 10.1. The molecule has 1 heterocycles. The van der Waals surface area contributed by atoms with E-state index in [1.807, 2.05) is 71.6 Å². The van der Waals surface area contributed by atoms with E-state index in [2.05, 4.69) is 6.07 Å². The number of para-hydroxylation sites is 2. The minimum Gasteiger partial charge on any atom is -0.495 e. The Morgan fingerprint density at radius 2 is 1.68 bits per heavy atom. The highest BCUT2D eigenvalue weighted by Crippen LogP contribution is 2.40. The Bertz CT molecular complexity index is 1030. The van der Waals surface area contributed by atoms with Crippen LogP contribution in [0, 0.1) is 0 Å². The van der Waals surface area contributed by atoms with E-state index in [0.717, 1.165) is 33.2 Å². The molecule has 0 radical (unpaired) electrons. The Kier molecular flexibility index (Phi) is 3.96. The van der Waals surface area contributed by atoms with E-state index in [0.29, 0.717) is 5.75 Å². The van der Waals surface area contributed by atoms with E-state index in [1.54, 1.807) is 7.11 Å². The number of fused-ring (bicyclic) bond motifs is 2.